The summed E-state index contributed by atoms with van der Waals surface area (Å²) < 4.78 is 0. The highest BCUT2D eigenvalue weighted by atomic mass is 35.5. The van der Waals surface area contributed by atoms with Crippen molar-refractivity contribution in [1.29, 1.82) is 0 Å². The van der Waals surface area contributed by atoms with E-state index in [4.69, 9.17) is 11.6 Å². The normalized spacial score (nSPS) is 9.89. The Morgan fingerprint density at radius 3 is 2.56 bits per heavy atom. The van der Waals surface area contributed by atoms with Crippen molar-refractivity contribution in [3.63, 3.8) is 0 Å². The summed E-state index contributed by atoms with van der Waals surface area (Å²) >= 11 is 5.85. The number of nitrogens with one attached hydrogen (secondary N) is 2. The van der Waals surface area contributed by atoms with Gasteiger partial charge in [0.2, 0.25) is 0 Å². The number of carbonyl (C=O) groups excluding carboxylic acids is 1. The predicted octanol–water partition coefficient (Wildman–Crippen LogP) is 3.69. The average molecular weight is 262 g/mol. The van der Waals surface area contributed by atoms with E-state index < -0.39 is 0 Å². The SMILES string of the molecule is Cc1cc(Cl)ccc1NC(=O)Nc1ccncc1. The Hall–Kier alpha value is -2.07. The highest BCUT2D eigenvalue weighted by molar-refractivity contribution is 6.30. The van der Waals surface area contributed by atoms with Gasteiger partial charge in [-0.2, -0.15) is 0 Å². The molecule has 4 nitrogen and oxygen atoms in total. The van der Waals surface area contributed by atoms with Crippen molar-refractivity contribution in [2.24, 2.45) is 0 Å². The fourth-order valence-corrected chi connectivity index (χ4v) is 1.71. The van der Waals surface area contributed by atoms with Crippen molar-refractivity contribution in [2.45, 2.75) is 6.92 Å². The molecule has 2 aromatic rings. The summed E-state index contributed by atoms with van der Waals surface area (Å²) in [6.07, 6.45) is 3.23. The van der Waals surface area contributed by atoms with Crippen LogP contribution in [0.4, 0.5) is 16.2 Å². The molecule has 2 rings (SSSR count). The molecule has 2 N–H and O–H groups in total. The van der Waals surface area contributed by atoms with E-state index in [0.717, 1.165) is 11.3 Å². The molecular formula is C13H12ClN3O. The lowest BCUT2D eigenvalue weighted by atomic mass is 10.2. The zero-order valence-electron chi connectivity index (χ0n) is 9.77. The summed E-state index contributed by atoms with van der Waals surface area (Å²) in [5.41, 5.74) is 2.33. The third kappa shape index (κ3) is 3.21. The zero-order valence-corrected chi connectivity index (χ0v) is 10.5. The zero-order chi connectivity index (χ0) is 13.0. The first-order valence-corrected chi connectivity index (χ1v) is 5.77. The maximum Gasteiger partial charge on any atom is 0.323 e. The molecule has 0 saturated heterocycles. The van der Waals surface area contributed by atoms with E-state index >= 15 is 0 Å². The molecule has 0 bridgehead atoms. The molecule has 0 atom stereocenters. The number of aryl methyl sites for hydroxylation is 1. The minimum absolute atomic E-state index is 0.299. The Bertz CT molecular complexity index is 557. The van der Waals surface area contributed by atoms with Gasteiger partial charge < -0.3 is 10.6 Å². The number of carbonyl (C=O) groups is 1. The van der Waals surface area contributed by atoms with Crippen LogP contribution in [0, 0.1) is 6.92 Å². The number of benzene rings is 1. The molecule has 0 spiro atoms. The second-order valence-electron chi connectivity index (χ2n) is 3.77. The number of amides is 2. The highest BCUT2D eigenvalue weighted by Crippen LogP contribution is 2.19. The van der Waals surface area contributed by atoms with Crippen LogP contribution in [0.25, 0.3) is 0 Å². The first kappa shape index (κ1) is 12.4. The average Bonchev–Trinajstić information content (AvgIpc) is 2.34. The van der Waals surface area contributed by atoms with E-state index in [1.54, 1.807) is 42.7 Å². The predicted molar refractivity (Wildman–Crippen MR) is 73.1 cm³/mol. The van der Waals surface area contributed by atoms with E-state index in [2.05, 4.69) is 15.6 Å². The number of hydrogen-bond donors (Lipinski definition) is 2. The molecule has 0 aliphatic carbocycles. The fourth-order valence-electron chi connectivity index (χ4n) is 1.49. The van der Waals surface area contributed by atoms with Gasteiger partial charge >= 0.3 is 6.03 Å². The van der Waals surface area contributed by atoms with Crippen LogP contribution in [0.1, 0.15) is 5.56 Å². The second-order valence-corrected chi connectivity index (χ2v) is 4.21. The summed E-state index contributed by atoms with van der Waals surface area (Å²) in [6, 6.07) is 8.43. The molecule has 0 radical (unpaired) electrons. The summed E-state index contributed by atoms with van der Waals surface area (Å²) in [5, 5.41) is 6.11. The summed E-state index contributed by atoms with van der Waals surface area (Å²) in [6.45, 7) is 1.88. The maximum absolute atomic E-state index is 11.7. The number of urea groups is 1. The standard InChI is InChI=1S/C13H12ClN3O/c1-9-8-10(14)2-3-12(9)17-13(18)16-11-4-6-15-7-5-11/h2-8H,1H3,(H2,15,16,17,18). The minimum Gasteiger partial charge on any atom is -0.308 e. The molecule has 0 fully saturated rings. The van der Waals surface area contributed by atoms with Crippen LogP contribution in [0.5, 0.6) is 0 Å². The molecule has 2 amide bonds. The van der Waals surface area contributed by atoms with Crippen molar-refractivity contribution < 1.29 is 4.79 Å². The Kier molecular flexibility index (Phi) is 3.79. The van der Waals surface area contributed by atoms with Crippen LogP contribution in [-0.4, -0.2) is 11.0 Å². The molecule has 0 aliphatic heterocycles. The number of hydrogen-bond acceptors (Lipinski definition) is 2. The molecule has 0 unspecified atom stereocenters. The van der Waals surface area contributed by atoms with Gasteiger partial charge in [0.15, 0.2) is 0 Å². The van der Waals surface area contributed by atoms with E-state index in [1.807, 2.05) is 6.92 Å². The van der Waals surface area contributed by atoms with Crippen LogP contribution >= 0.6 is 11.6 Å². The first-order chi connectivity index (χ1) is 8.65. The van der Waals surface area contributed by atoms with Gasteiger partial charge in [0.05, 0.1) is 0 Å². The summed E-state index contributed by atoms with van der Waals surface area (Å²) in [4.78, 5) is 15.6. The quantitative estimate of drug-likeness (QED) is 0.866. The van der Waals surface area contributed by atoms with E-state index in [9.17, 15) is 4.79 Å². The highest BCUT2D eigenvalue weighted by Gasteiger charge is 2.04. The van der Waals surface area contributed by atoms with Gasteiger partial charge in [0.1, 0.15) is 0 Å². The number of anilines is 2. The fraction of sp³-hybridized carbons (Fsp3) is 0.0769. The topological polar surface area (TPSA) is 54.0 Å². The number of rotatable bonds is 2. The monoisotopic (exact) mass is 261 g/mol. The lowest BCUT2D eigenvalue weighted by molar-refractivity contribution is 0.262. The minimum atomic E-state index is -0.299. The van der Waals surface area contributed by atoms with E-state index in [-0.39, 0.29) is 6.03 Å². The Morgan fingerprint density at radius 1 is 1.17 bits per heavy atom. The van der Waals surface area contributed by atoms with Crippen LogP contribution in [0.3, 0.4) is 0 Å². The number of nitrogens with zero attached hydrogens (tertiary/aromatic N) is 1. The van der Waals surface area contributed by atoms with Crippen molar-refractivity contribution >= 4 is 29.0 Å². The molecule has 1 aromatic carbocycles. The third-order valence-corrected chi connectivity index (χ3v) is 2.61. The second kappa shape index (κ2) is 5.51. The molecule has 0 aliphatic rings. The van der Waals surface area contributed by atoms with Crippen molar-refractivity contribution in [3.8, 4) is 0 Å². The summed E-state index contributed by atoms with van der Waals surface area (Å²) in [5.74, 6) is 0. The Morgan fingerprint density at radius 2 is 1.89 bits per heavy atom. The third-order valence-electron chi connectivity index (χ3n) is 2.37. The molecule has 1 aromatic heterocycles. The number of halogens is 1. The molecule has 92 valence electrons. The van der Waals surface area contributed by atoms with Gasteiger partial charge in [-0.3, -0.25) is 4.98 Å². The van der Waals surface area contributed by atoms with Gasteiger partial charge in [0, 0.05) is 28.8 Å². The lowest BCUT2D eigenvalue weighted by Crippen LogP contribution is -2.19. The van der Waals surface area contributed by atoms with Gasteiger partial charge in [-0.15, -0.1) is 0 Å². The molecule has 0 saturated carbocycles. The largest absolute Gasteiger partial charge is 0.323 e. The summed E-state index contributed by atoms with van der Waals surface area (Å²) in [7, 11) is 0. The Labute approximate surface area is 110 Å². The van der Waals surface area contributed by atoms with Crippen molar-refractivity contribution in [3.05, 3.63) is 53.3 Å². The number of pyridine rings is 1. The molecule has 18 heavy (non-hydrogen) atoms. The number of aromatic nitrogens is 1. The van der Waals surface area contributed by atoms with Crippen LogP contribution in [-0.2, 0) is 0 Å². The van der Waals surface area contributed by atoms with Crippen LogP contribution < -0.4 is 10.6 Å². The molecule has 5 heteroatoms. The van der Waals surface area contributed by atoms with Crippen LogP contribution in [0.2, 0.25) is 5.02 Å². The maximum atomic E-state index is 11.7. The van der Waals surface area contributed by atoms with Crippen molar-refractivity contribution in [1.82, 2.24) is 4.98 Å². The van der Waals surface area contributed by atoms with Gasteiger partial charge in [0.25, 0.3) is 0 Å². The van der Waals surface area contributed by atoms with Gasteiger partial charge in [-0.25, -0.2) is 4.79 Å². The van der Waals surface area contributed by atoms with Crippen molar-refractivity contribution in [2.75, 3.05) is 10.6 Å². The smallest absolute Gasteiger partial charge is 0.308 e. The molecule has 1 heterocycles. The van der Waals surface area contributed by atoms with Gasteiger partial charge in [-0.1, -0.05) is 11.6 Å². The van der Waals surface area contributed by atoms with Crippen LogP contribution in [0.15, 0.2) is 42.7 Å². The first-order valence-electron chi connectivity index (χ1n) is 5.39. The van der Waals surface area contributed by atoms with Gasteiger partial charge in [-0.05, 0) is 42.8 Å². The molecular weight excluding hydrogens is 250 g/mol. The lowest BCUT2D eigenvalue weighted by Gasteiger charge is -2.09. The van der Waals surface area contributed by atoms with E-state index in [0.29, 0.717) is 10.7 Å². The Balaban J connectivity index is 2.03. The van der Waals surface area contributed by atoms with E-state index in [1.165, 1.54) is 0 Å².